The highest BCUT2D eigenvalue weighted by Crippen LogP contribution is 2.33. The van der Waals surface area contributed by atoms with Crippen LogP contribution in [0, 0.1) is 5.82 Å². The second-order valence-electron chi connectivity index (χ2n) is 6.66. The van der Waals surface area contributed by atoms with Crippen LogP contribution >= 0.6 is 11.3 Å². The smallest absolute Gasteiger partial charge is 0.243 e. The molecule has 0 aliphatic carbocycles. The van der Waals surface area contributed by atoms with Crippen LogP contribution in [0.25, 0.3) is 0 Å². The van der Waals surface area contributed by atoms with Crippen LogP contribution in [-0.4, -0.2) is 31.7 Å². The molecule has 6 nitrogen and oxygen atoms in total. The molecule has 0 fully saturated rings. The van der Waals surface area contributed by atoms with Gasteiger partial charge in [-0.1, -0.05) is 13.8 Å². The average Bonchev–Trinajstić information content (AvgIpc) is 3.24. The highest BCUT2D eigenvalue weighted by Gasteiger charge is 2.23. The number of carbonyl (C=O) groups is 1. The van der Waals surface area contributed by atoms with Gasteiger partial charge in [-0.15, -0.1) is 0 Å². The van der Waals surface area contributed by atoms with E-state index >= 15 is 0 Å². The number of sulfonamides is 1. The summed E-state index contributed by atoms with van der Waals surface area (Å²) in [5.41, 5.74) is 1.08. The Kier molecular flexibility index (Phi) is 7.42. The summed E-state index contributed by atoms with van der Waals surface area (Å²) in [6, 6.07) is 11.6. The molecule has 0 unspecified atom stereocenters. The molecule has 3 rings (SSSR count). The van der Waals surface area contributed by atoms with Gasteiger partial charge < -0.3 is 10.1 Å². The van der Waals surface area contributed by atoms with Crippen molar-refractivity contribution in [2.45, 2.75) is 25.2 Å². The molecular formula is C22H23FN2O4S2. The summed E-state index contributed by atoms with van der Waals surface area (Å²) >= 11 is 1.49. The van der Waals surface area contributed by atoms with Crippen LogP contribution in [-0.2, 0) is 21.2 Å². The molecule has 0 saturated heterocycles. The number of hydrogen-bond acceptors (Lipinski definition) is 5. The van der Waals surface area contributed by atoms with Crippen LogP contribution in [0.5, 0.6) is 11.5 Å². The zero-order valence-corrected chi connectivity index (χ0v) is 18.8. The van der Waals surface area contributed by atoms with Gasteiger partial charge in [-0.2, -0.15) is 15.6 Å². The minimum atomic E-state index is -3.73. The molecule has 164 valence electrons. The van der Waals surface area contributed by atoms with E-state index in [0.29, 0.717) is 18.8 Å². The molecule has 1 aromatic heterocycles. The quantitative estimate of drug-likeness (QED) is 0.491. The van der Waals surface area contributed by atoms with Gasteiger partial charge in [0.15, 0.2) is 5.75 Å². The monoisotopic (exact) mass is 462 g/mol. The highest BCUT2D eigenvalue weighted by atomic mass is 32.2. The lowest BCUT2D eigenvalue weighted by molar-refractivity contribution is -0.115. The van der Waals surface area contributed by atoms with Crippen LogP contribution in [0.15, 0.2) is 64.2 Å². The number of benzene rings is 2. The Labute approximate surface area is 185 Å². The summed E-state index contributed by atoms with van der Waals surface area (Å²) in [6.45, 7) is 4.17. The van der Waals surface area contributed by atoms with Gasteiger partial charge in [0.2, 0.25) is 15.9 Å². The molecule has 1 heterocycles. The van der Waals surface area contributed by atoms with E-state index in [2.05, 4.69) is 5.32 Å². The zero-order chi connectivity index (χ0) is 22.4. The highest BCUT2D eigenvalue weighted by molar-refractivity contribution is 7.89. The van der Waals surface area contributed by atoms with Crippen LogP contribution in [0.1, 0.15) is 19.4 Å². The number of nitrogens with one attached hydrogen (secondary N) is 1. The summed E-state index contributed by atoms with van der Waals surface area (Å²) in [5.74, 6) is -0.102. The summed E-state index contributed by atoms with van der Waals surface area (Å²) < 4.78 is 46.2. The minimum Gasteiger partial charge on any atom is -0.455 e. The van der Waals surface area contributed by atoms with Gasteiger partial charge in [-0.25, -0.2) is 12.8 Å². The molecule has 0 saturated carbocycles. The average molecular weight is 463 g/mol. The third kappa shape index (κ3) is 5.69. The molecule has 0 radical (unpaired) electrons. The van der Waals surface area contributed by atoms with E-state index in [1.807, 2.05) is 16.8 Å². The lowest BCUT2D eigenvalue weighted by Gasteiger charge is -2.20. The lowest BCUT2D eigenvalue weighted by Crippen LogP contribution is -2.30. The number of amides is 1. The first kappa shape index (κ1) is 22.9. The van der Waals surface area contributed by atoms with E-state index < -0.39 is 15.8 Å². The third-order valence-electron chi connectivity index (χ3n) is 4.55. The fourth-order valence-corrected chi connectivity index (χ4v) is 5.12. The Bertz CT molecular complexity index is 1130. The summed E-state index contributed by atoms with van der Waals surface area (Å²) in [4.78, 5) is 12.6. The molecule has 1 N–H and O–H groups in total. The molecule has 9 heteroatoms. The number of halogens is 1. The van der Waals surface area contributed by atoms with E-state index in [1.54, 1.807) is 13.8 Å². The normalized spacial score (nSPS) is 11.5. The van der Waals surface area contributed by atoms with Gasteiger partial charge in [0.1, 0.15) is 11.6 Å². The van der Waals surface area contributed by atoms with Crippen molar-refractivity contribution in [1.82, 2.24) is 4.31 Å². The van der Waals surface area contributed by atoms with E-state index in [9.17, 15) is 17.6 Å². The summed E-state index contributed by atoms with van der Waals surface area (Å²) in [7, 11) is -3.73. The number of thiophene rings is 1. The van der Waals surface area contributed by atoms with Crippen molar-refractivity contribution in [1.29, 1.82) is 0 Å². The van der Waals surface area contributed by atoms with Crippen molar-refractivity contribution in [3.8, 4) is 11.5 Å². The molecular weight excluding hydrogens is 439 g/mol. The van der Waals surface area contributed by atoms with Crippen molar-refractivity contribution in [2.24, 2.45) is 0 Å². The van der Waals surface area contributed by atoms with Crippen LogP contribution < -0.4 is 10.1 Å². The van der Waals surface area contributed by atoms with Crippen molar-refractivity contribution in [3.05, 3.63) is 70.7 Å². The van der Waals surface area contributed by atoms with Gasteiger partial charge in [-0.3, -0.25) is 4.79 Å². The second-order valence-corrected chi connectivity index (χ2v) is 9.38. The molecule has 3 aromatic rings. The number of ether oxygens (including phenoxy) is 1. The Morgan fingerprint density at radius 3 is 2.42 bits per heavy atom. The predicted octanol–water partition coefficient (Wildman–Crippen LogP) is 4.89. The number of anilines is 1. The Balaban J connectivity index is 1.95. The Morgan fingerprint density at radius 1 is 1.10 bits per heavy atom. The van der Waals surface area contributed by atoms with E-state index in [1.165, 1.54) is 58.1 Å². The number of hydrogen-bond donors (Lipinski definition) is 1. The van der Waals surface area contributed by atoms with Crippen molar-refractivity contribution in [3.63, 3.8) is 0 Å². The minimum absolute atomic E-state index is 0.0495. The molecule has 0 atom stereocenters. The lowest BCUT2D eigenvalue weighted by atomic mass is 10.2. The SMILES string of the molecule is CCN(CC)S(=O)(=O)c1ccc(Oc2ccc(F)cc2)c(NC(=O)Cc2ccsc2)c1. The summed E-state index contributed by atoms with van der Waals surface area (Å²) in [6.07, 6.45) is 0.145. The molecule has 0 bridgehead atoms. The molecule has 1 amide bonds. The number of carbonyl (C=O) groups excluding carboxylic acids is 1. The molecule has 31 heavy (non-hydrogen) atoms. The Morgan fingerprint density at radius 2 is 1.81 bits per heavy atom. The van der Waals surface area contributed by atoms with Gasteiger partial charge in [0.25, 0.3) is 0 Å². The van der Waals surface area contributed by atoms with Crippen LogP contribution in [0.4, 0.5) is 10.1 Å². The second kappa shape index (κ2) is 10.0. The molecule has 0 aliphatic rings. The first-order valence-corrected chi connectivity index (χ1v) is 12.1. The van der Waals surface area contributed by atoms with E-state index in [-0.39, 0.29) is 28.7 Å². The number of nitrogens with zero attached hydrogens (tertiary/aromatic N) is 1. The molecule has 0 spiro atoms. The van der Waals surface area contributed by atoms with Crippen molar-refractivity contribution < 1.29 is 22.3 Å². The standard InChI is InChI=1S/C22H23FN2O4S2/c1-3-25(4-2)31(27,28)19-9-10-21(29-18-7-5-17(23)6-8-18)20(14-19)24-22(26)13-16-11-12-30-15-16/h5-12,14-15H,3-4,13H2,1-2H3,(H,24,26). The predicted molar refractivity (Wildman–Crippen MR) is 120 cm³/mol. The fraction of sp³-hybridized carbons (Fsp3) is 0.227. The fourth-order valence-electron chi connectivity index (χ4n) is 2.97. The van der Waals surface area contributed by atoms with Gasteiger partial charge in [0, 0.05) is 13.1 Å². The maximum absolute atomic E-state index is 13.2. The van der Waals surface area contributed by atoms with Crippen molar-refractivity contribution >= 4 is 33.0 Å². The van der Waals surface area contributed by atoms with Gasteiger partial charge in [0.05, 0.1) is 17.0 Å². The maximum Gasteiger partial charge on any atom is 0.243 e. The first-order valence-electron chi connectivity index (χ1n) is 9.72. The molecule has 2 aromatic carbocycles. The third-order valence-corrected chi connectivity index (χ3v) is 7.33. The zero-order valence-electron chi connectivity index (χ0n) is 17.2. The van der Waals surface area contributed by atoms with Gasteiger partial charge in [-0.05, 0) is 64.9 Å². The first-order chi connectivity index (χ1) is 14.8. The van der Waals surface area contributed by atoms with E-state index in [4.69, 9.17) is 4.74 Å². The van der Waals surface area contributed by atoms with Crippen molar-refractivity contribution in [2.75, 3.05) is 18.4 Å². The topological polar surface area (TPSA) is 75.7 Å². The Hall–Kier alpha value is -2.75. The van der Waals surface area contributed by atoms with Crippen LogP contribution in [0.3, 0.4) is 0 Å². The van der Waals surface area contributed by atoms with Crippen LogP contribution in [0.2, 0.25) is 0 Å². The van der Waals surface area contributed by atoms with E-state index in [0.717, 1.165) is 5.56 Å². The number of rotatable bonds is 9. The summed E-state index contributed by atoms with van der Waals surface area (Å²) in [5, 5.41) is 6.50. The largest absolute Gasteiger partial charge is 0.455 e. The maximum atomic E-state index is 13.2. The molecule has 0 aliphatic heterocycles. The van der Waals surface area contributed by atoms with Gasteiger partial charge >= 0.3 is 0 Å².